The first-order chi connectivity index (χ1) is 17.4. The molecule has 0 atom stereocenters. The minimum absolute atomic E-state index is 0.184. The third kappa shape index (κ3) is 4.83. The lowest BCUT2D eigenvalue weighted by Gasteiger charge is -2.31. The van der Waals surface area contributed by atoms with Gasteiger partial charge >= 0.3 is 6.03 Å². The molecule has 1 aliphatic heterocycles. The van der Waals surface area contributed by atoms with Crippen molar-refractivity contribution in [3.05, 3.63) is 57.9 Å². The summed E-state index contributed by atoms with van der Waals surface area (Å²) in [5.41, 5.74) is 0.225. The number of rotatable bonds is 7. The van der Waals surface area contributed by atoms with E-state index in [0.717, 1.165) is 12.1 Å². The number of carbonyl (C=O) groups excluding carboxylic acids is 1. The van der Waals surface area contributed by atoms with Crippen LogP contribution in [-0.2, 0) is 11.3 Å². The molecule has 36 heavy (non-hydrogen) atoms. The lowest BCUT2D eigenvalue weighted by atomic mass is 10.1. The van der Waals surface area contributed by atoms with Crippen molar-refractivity contribution in [1.29, 1.82) is 0 Å². The van der Waals surface area contributed by atoms with Crippen molar-refractivity contribution in [3.8, 4) is 5.88 Å². The summed E-state index contributed by atoms with van der Waals surface area (Å²) in [6.45, 7) is 5.84. The average Bonchev–Trinajstić information content (AvgIpc) is 2.89. The van der Waals surface area contributed by atoms with Crippen molar-refractivity contribution in [3.63, 3.8) is 0 Å². The van der Waals surface area contributed by atoms with Gasteiger partial charge in [0.15, 0.2) is 0 Å². The summed E-state index contributed by atoms with van der Waals surface area (Å²) in [4.78, 5) is 35.0. The van der Waals surface area contributed by atoms with Crippen molar-refractivity contribution in [2.45, 2.75) is 20.4 Å². The molecule has 2 aromatic heterocycles. The highest BCUT2D eigenvalue weighted by atomic mass is 19.1. The number of fused-ring (bicyclic) bond motifs is 1. The topological polar surface area (TPSA) is 88.9 Å². The van der Waals surface area contributed by atoms with Gasteiger partial charge in [0.2, 0.25) is 5.88 Å². The zero-order valence-electron chi connectivity index (χ0n) is 20.5. The van der Waals surface area contributed by atoms with Gasteiger partial charge in [-0.1, -0.05) is 6.07 Å². The summed E-state index contributed by atoms with van der Waals surface area (Å²) in [5, 5.41) is 2.88. The van der Waals surface area contributed by atoms with E-state index in [-0.39, 0.29) is 34.9 Å². The number of urea groups is 1. The van der Waals surface area contributed by atoms with Crippen LogP contribution < -0.4 is 20.5 Å². The Balaban J connectivity index is 2.00. The van der Waals surface area contributed by atoms with Crippen molar-refractivity contribution in [2.75, 3.05) is 56.7 Å². The number of hydrogen-bond acceptors (Lipinski definition) is 6. The number of benzene rings is 1. The lowest BCUT2D eigenvalue weighted by Crippen LogP contribution is -2.42. The molecule has 11 heteroatoms. The largest absolute Gasteiger partial charge is 0.481 e. The smallest absolute Gasteiger partial charge is 0.321 e. The maximum absolute atomic E-state index is 14.6. The van der Waals surface area contributed by atoms with Gasteiger partial charge in [-0.05, 0) is 32.0 Å². The van der Waals surface area contributed by atoms with Crippen molar-refractivity contribution in [2.24, 2.45) is 0 Å². The highest BCUT2D eigenvalue weighted by molar-refractivity contribution is 6.04. The van der Waals surface area contributed by atoms with Crippen LogP contribution in [-0.4, -0.2) is 67.0 Å². The quantitative estimate of drug-likeness (QED) is 0.534. The third-order valence-corrected chi connectivity index (χ3v) is 6.26. The van der Waals surface area contributed by atoms with Crippen molar-refractivity contribution >= 4 is 28.4 Å². The first kappa shape index (κ1) is 25.4. The molecule has 1 saturated heterocycles. The molecule has 0 radical (unpaired) electrons. The standard InChI is InChI=1S/C25H29F2N5O4/c1-4-30(5-2)25(34)29-22-21-19(9-10-20(28-21)35-3)32(15-16-17(26)7-6-8-18(16)27)24(33)23(22)31-11-13-36-14-12-31/h6-10H,4-5,11-15H2,1-3H3,(H,29,34). The van der Waals surface area contributed by atoms with Crippen LogP contribution in [0, 0.1) is 11.6 Å². The average molecular weight is 502 g/mol. The molecule has 1 N–H and O–H groups in total. The highest BCUT2D eigenvalue weighted by Gasteiger charge is 2.27. The number of nitrogens with zero attached hydrogens (tertiary/aromatic N) is 4. The number of anilines is 2. The van der Waals surface area contributed by atoms with Crippen LogP contribution >= 0.6 is 0 Å². The second kappa shape index (κ2) is 10.9. The number of morpholine rings is 1. The van der Waals surface area contributed by atoms with Gasteiger partial charge in [0, 0.05) is 37.8 Å². The summed E-state index contributed by atoms with van der Waals surface area (Å²) in [7, 11) is 1.45. The fourth-order valence-corrected chi connectivity index (χ4v) is 4.30. The zero-order chi connectivity index (χ0) is 25.8. The molecular formula is C25H29F2N5O4. The van der Waals surface area contributed by atoms with E-state index in [1.54, 1.807) is 21.9 Å². The Hall–Kier alpha value is -3.73. The van der Waals surface area contributed by atoms with E-state index < -0.39 is 23.2 Å². The van der Waals surface area contributed by atoms with Crippen molar-refractivity contribution < 1.29 is 23.0 Å². The van der Waals surface area contributed by atoms with E-state index in [2.05, 4.69) is 10.3 Å². The van der Waals surface area contributed by atoms with Crippen LogP contribution in [0.2, 0.25) is 0 Å². The van der Waals surface area contributed by atoms with E-state index in [1.165, 1.54) is 17.7 Å². The summed E-state index contributed by atoms with van der Waals surface area (Å²) >= 11 is 0. The van der Waals surface area contributed by atoms with E-state index in [4.69, 9.17) is 9.47 Å². The normalized spacial score (nSPS) is 13.6. The minimum atomic E-state index is -0.761. The molecule has 0 aliphatic carbocycles. The molecule has 0 bridgehead atoms. The van der Waals surface area contributed by atoms with Crippen molar-refractivity contribution in [1.82, 2.24) is 14.5 Å². The predicted octanol–water partition coefficient (Wildman–Crippen LogP) is 3.44. The van der Waals surface area contributed by atoms with E-state index in [1.807, 2.05) is 13.8 Å². The number of aromatic nitrogens is 2. The molecule has 3 aromatic rings. The Kier molecular flexibility index (Phi) is 7.68. The molecule has 2 amide bonds. The number of hydrogen-bond donors (Lipinski definition) is 1. The summed E-state index contributed by atoms with van der Waals surface area (Å²) < 4.78 is 41.2. The molecule has 0 saturated carbocycles. The Morgan fingerprint density at radius 2 is 1.81 bits per heavy atom. The van der Waals surface area contributed by atoms with Crippen LogP contribution in [0.1, 0.15) is 19.4 Å². The Bertz CT molecular complexity index is 1300. The van der Waals surface area contributed by atoms with Crippen LogP contribution in [0.4, 0.5) is 25.0 Å². The van der Waals surface area contributed by atoms with E-state index in [9.17, 15) is 18.4 Å². The molecule has 0 unspecified atom stereocenters. The molecule has 9 nitrogen and oxygen atoms in total. The van der Waals surface area contributed by atoms with Gasteiger partial charge in [-0.3, -0.25) is 4.79 Å². The second-order valence-corrected chi connectivity index (χ2v) is 8.24. The second-order valence-electron chi connectivity index (χ2n) is 8.24. The lowest BCUT2D eigenvalue weighted by molar-refractivity contribution is 0.122. The van der Waals surface area contributed by atoms with Gasteiger partial charge in [-0.2, -0.15) is 0 Å². The highest BCUT2D eigenvalue weighted by Crippen LogP contribution is 2.33. The fourth-order valence-electron chi connectivity index (χ4n) is 4.30. The molecule has 192 valence electrons. The predicted molar refractivity (Wildman–Crippen MR) is 133 cm³/mol. The molecular weight excluding hydrogens is 472 g/mol. The van der Waals surface area contributed by atoms with Crippen LogP contribution in [0.15, 0.2) is 35.1 Å². The van der Waals surface area contributed by atoms with Gasteiger partial charge in [0.1, 0.15) is 22.8 Å². The maximum Gasteiger partial charge on any atom is 0.321 e. The fraction of sp³-hybridized carbons (Fsp3) is 0.400. The Labute approximate surface area is 207 Å². The molecule has 1 aliphatic rings. The first-order valence-corrected chi connectivity index (χ1v) is 11.8. The molecule has 4 rings (SSSR count). The molecule has 1 fully saturated rings. The van der Waals surface area contributed by atoms with Gasteiger partial charge in [0.05, 0.1) is 38.1 Å². The van der Waals surface area contributed by atoms with E-state index in [0.29, 0.717) is 44.9 Å². The van der Waals surface area contributed by atoms with Crippen LogP contribution in [0.5, 0.6) is 5.88 Å². The number of ether oxygens (including phenoxy) is 2. The Morgan fingerprint density at radius 3 is 2.42 bits per heavy atom. The SMILES string of the molecule is CCN(CC)C(=O)Nc1c(N2CCOCC2)c(=O)n(Cc2c(F)cccc2F)c2ccc(OC)nc12. The molecule has 3 heterocycles. The van der Waals surface area contributed by atoms with Gasteiger partial charge in [0.25, 0.3) is 5.56 Å². The van der Waals surface area contributed by atoms with Gasteiger partial charge in [-0.15, -0.1) is 0 Å². The number of methoxy groups -OCH3 is 1. The molecule has 1 aromatic carbocycles. The number of nitrogens with one attached hydrogen (secondary N) is 1. The number of halogens is 2. The minimum Gasteiger partial charge on any atom is -0.481 e. The van der Waals surface area contributed by atoms with Gasteiger partial charge < -0.3 is 29.2 Å². The summed E-state index contributed by atoms with van der Waals surface area (Å²) in [5.74, 6) is -1.26. The summed E-state index contributed by atoms with van der Waals surface area (Å²) in [6, 6.07) is 6.32. The summed E-state index contributed by atoms with van der Waals surface area (Å²) in [6.07, 6.45) is 0. The monoisotopic (exact) mass is 501 g/mol. The van der Waals surface area contributed by atoms with Crippen LogP contribution in [0.3, 0.4) is 0 Å². The number of carbonyl (C=O) groups is 1. The first-order valence-electron chi connectivity index (χ1n) is 11.8. The van der Waals surface area contributed by atoms with E-state index >= 15 is 0 Å². The van der Waals surface area contributed by atoms with Gasteiger partial charge in [-0.25, -0.2) is 18.6 Å². The third-order valence-electron chi connectivity index (χ3n) is 6.26. The zero-order valence-corrected chi connectivity index (χ0v) is 20.5. The molecule has 0 spiro atoms. The number of amides is 2. The Morgan fingerprint density at radius 1 is 1.14 bits per heavy atom. The number of pyridine rings is 2. The van der Waals surface area contributed by atoms with Crippen LogP contribution in [0.25, 0.3) is 11.0 Å². The maximum atomic E-state index is 14.6.